The van der Waals surface area contributed by atoms with Gasteiger partial charge in [0.25, 0.3) is 0 Å². The van der Waals surface area contributed by atoms with Crippen molar-refractivity contribution in [1.29, 1.82) is 0 Å². The molecule has 3 nitrogen and oxygen atoms in total. The van der Waals surface area contributed by atoms with Gasteiger partial charge < -0.3 is 14.4 Å². The van der Waals surface area contributed by atoms with E-state index < -0.39 is 0 Å². The van der Waals surface area contributed by atoms with Gasteiger partial charge in [0.1, 0.15) is 6.10 Å². The predicted molar refractivity (Wildman–Crippen MR) is 87.0 cm³/mol. The third-order valence-corrected chi connectivity index (χ3v) is 4.21. The number of hydrogen-bond donors (Lipinski definition) is 0. The summed E-state index contributed by atoms with van der Waals surface area (Å²) < 4.78 is 11.7. The van der Waals surface area contributed by atoms with Gasteiger partial charge in [-0.25, -0.2) is 0 Å². The third kappa shape index (κ3) is 2.48. The number of benzene rings is 1. The van der Waals surface area contributed by atoms with Gasteiger partial charge in [0.15, 0.2) is 5.88 Å². The normalized spacial score (nSPS) is 23.9. The zero-order valence-electron chi connectivity index (χ0n) is 12.4. The molecule has 112 valence electrons. The molecule has 1 saturated heterocycles. The van der Waals surface area contributed by atoms with Gasteiger partial charge in [0, 0.05) is 24.7 Å². The van der Waals surface area contributed by atoms with E-state index in [0.717, 1.165) is 32.2 Å². The molecule has 0 aromatic heterocycles. The standard InChI is InChI=1S/C19H19NO2/c1-2-6-15(7-3-1)17-14-19(20-10-12-21-13-11-20)22-18-9-5-4-8-16(17)18/h1-9,14,18H,10-13H2. The number of nitrogens with zero attached hydrogens (tertiary/aromatic N) is 1. The fourth-order valence-corrected chi connectivity index (χ4v) is 3.06. The first-order valence-electron chi connectivity index (χ1n) is 7.77. The molecular weight excluding hydrogens is 274 g/mol. The van der Waals surface area contributed by atoms with E-state index in [1.807, 2.05) is 0 Å². The van der Waals surface area contributed by atoms with Crippen LogP contribution in [0.1, 0.15) is 5.56 Å². The highest BCUT2D eigenvalue weighted by molar-refractivity contribution is 5.81. The second kappa shape index (κ2) is 5.85. The van der Waals surface area contributed by atoms with E-state index in [1.54, 1.807) is 0 Å². The summed E-state index contributed by atoms with van der Waals surface area (Å²) in [4.78, 5) is 2.27. The Morgan fingerprint density at radius 3 is 2.64 bits per heavy atom. The Bertz CT molecular complexity index is 664. The van der Waals surface area contributed by atoms with Crippen LogP contribution in [0, 0.1) is 0 Å². The number of ether oxygens (including phenoxy) is 2. The van der Waals surface area contributed by atoms with Gasteiger partial charge in [0.2, 0.25) is 0 Å². The first-order valence-corrected chi connectivity index (χ1v) is 7.77. The molecule has 1 aliphatic carbocycles. The van der Waals surface area contributed by atoms with Crippen LogP contribution in [-0.2, 0) is 9.47 Å². The van der Waals surface area contributed by atoms with Crippen molar-refractivity contribution in [3.63, 3.8) is 0 Å². The van der Waals surface area contributed by atoms with Crippen molar-refractivity contribution in [2.75, 3.05) is 26.3 Å². The summed E-state index contributed by atoms with van der Waals surface area (Å²) in [5, 5.41) is 0. The summed E-state index contributed by atoms with van der Waals surface area (Å²) in [6, 6.07) is 10.5. The van der Waals surface area contributed by atoms with Crippen molar-refractivity contribution in [1.82, 2.24) is 4.90 Å². The van der Waals surface area contributed by atoms with Gasteiger partial charge in [-0.3, -0.25) is 0 Å². The predicted octanol–water partition coefficient (Wildman–Crippen LogP) is 3.14. The molecule has 1 atom stereocenters. The lowest BCUT2D eigenvalue weighted by Gasteiger charge is -2.36. The zero-order chi connectivity index (χ0) is 14.8. The van der Waals surface area contributed by atoms with Crippen molar-refractivity contribution in [3.8, 4) is 0 Å². The Balaban J connectivity index is 1.76. The number of hydrogen-bond acceptors (Lipinski definition) is 3. The maximum absolute atomic E-state index is 6.22. The fourth-order valence-electron chi connectivity index (χ4n) is 3.06. The van der Waals surface area contributed by atoms with Crippen LogP contribution in [0.25, 0.3) is 5.57 Å². The highest BCUT2D eigenvalue weighted by atomic mass is 16.5. The van der Waals surface area contributed by atoms with Gasteiger partial charge >= 0.3 is 0 Å². The molecule has 4 rings (SSSR count). The van der Waals surface area contributed by atoms with Crippen molar-refractivity contribution in [3.05, 3.63) is 77.7 Å². The molecule has 0 radical (unpaired) electrons. The molecule has 1 fully saturated rings. The summed E-state index contributed by atoms with van der Waals surface area (Å²) in [6.45, 7) is 3.29. The molecule has 3 aliphatic rings. The van der Waals surface area contributed by atoms with E-state index in [2.05, 4.69) is 65.6 Å². The van der Waals surface area contributed by atoms with Gasteiger partial charge in [-0.1, -0.05) is 48.6 Å². The Hall–Kier alpha value is -2.26. The molecule has 2 heterocycles. The molecule has 0 bridgehead atoms. The first kappa shape index (κ1) is 13.4. The fraction of sp³-hybridized carbons (Fsp3) is 0.263. The minimum Gasteiger partial charge on any atom is -0.467 e. The Morgan fingerprint density at radius 2 is 1.82 bits per heavy atom. The van der Waals surface area contributed by atoms with Crippen LogP contribution in [0.5, 0.6) is 0 Å². The van der Waals surface area contributed by atoms with E-state index in [0.29, 0.717) is 0 Å². The van der Waals surface area contributed by atoms with E-state index in [4.69, 9.17) is 9.47 Å². The SMILES string of the molecule is C1=CC2=C(c3ccccc3)C=C(N3CCOCC3)OC2C=C1. The van der Waals surface area contributed by atoms with Crippen molar-refractivity contribution in [2.24, 2.45) is 0 Å². The summed E-state index contributed by atoms with van der Waals surface area (Å²) in [7, 11) is 0. The molecule has 0 N–H and O–H groups in total. The lowest BCUT2D eigenvalue weighted by atomic mass is 9.92. The van der Waals surface area contributed by atoms with Crippen LogP contribution in [0.2, 0.25) is 0 Å². The largest absolute Gasteiger partial charge is 0.467 e. The monoisotopic (exact) mass is 293 g/mol. The second-order valence-corrected chi connectivity index (χ2v) is 5.60. The molecule has 0 spiro atoms. The lowest BCUT2D eigenvalue weighted by molar-refractivity contribution is 0.00802. The smallest absolute Gasteiger partial charge is 0.191 e. The van der Waals surface area contributed by atoms with Crippen molar-refractivity contribution in [2.45, 2.75) is 6.10 Å². The minimum absolute atomic E-state index is 0.00283. The summed E-state index contributed by atoms with van der Waals surface area (Å²) in [5.41, 5.74) is 3.71. The van der Waals surface area contributed by atoms with Gasteiger partial charge in [-0.2, -0.15) is 0 Å². The molecule has 1 unspecified atom stereocenters. The minimum atomic E-state index is 0.00283. The van der Waals surface area contributed by atoms with Crippen LogP contribution in [-0.4, -0.2) is 37.3 Å². The Morgan fingerprint density at radius 1 is 1.00 bits per heavy atom. The zero-order valence-corrected chi connectivity index (χ0v) is 12.4. The highest BCUT2D eigenvalue weighted by Crippen LogP contribution is 2.34. The van der Waals surface area contributed by atoms with Gasteiger partial charge in [0.05, 0.1) is 13.2 Å². The van der Waals surface area contributed by atoms with Gasteiger partial charge in [-0.15, -0.1) is 0 Å². The topological polar surface area (TPSA) is 21.7 Å². The van der Waals surface area contributed by atoms with Crippen LogP contribution in [0.4, 0.5) is 0 Å². The average Bonchev–Trinajstić information content (AvgIpc) is 2.62. The summed E-state index contributed by atoms with van der Waals surface area (Å²) in [5.74, 6) is 0.954. The maximum Gasteiger partial charge on any atom is 0.191 e. The molecular formula is C19H19NO2. The third-order valence-electron chi connectivity index (χ3n) is 4.21. The van der Waals surface area contributed by atoms with E-state index in [1.165, 1.54) is 16.7 Å². The quantitative estimate of drug-likeness (QED) is 0.836. The van der Waals surface area contributed by atoms with E-state index in [-0.39, 0.29) is 6.10 Å². The van der Waals surface area contributed by atoms with Gasteiger partial charge in [-0.05, 0) is 17.2 Å². The molecule has 2 aliphatic heterocycles. The Labute approximate surface area is 130 Å². The van der Waals surface area contributed by atoms with E-state index in [9.17, 15) is 0 Å². The lowest BCUT2D eigenvalue weighted by Crippen LogP contribution is -2.38. The molecule has 22 heavy (non-hydrogen) atoms. The van der Waals surface area contributed by atoms with Crippen LogP contribution >= 0.6 is 0 Å². The molecule has 1 aromatic rings. The summed E-state index contributed by atoms with van der Waals surface area (Å²) >= 11 is 0. The van der Waals surface area contributed by atoms with Crippen LogP contribution < -0.4 is 0 Å². The molecule has 0 amide bonds. The number of fused-ring (bicyclic) bond motifs is 1. The second-order valence-electron chi connectivity index (χ2n) is 5.60. The number of morpholine rings is 1. The molecule has 0 saturated carbocycles. The highest BCUT2D eigenvalue weighted by Gasteiger charge is 2.27. The average molecular weight is 293 g/mol. The first-order chi connectivity index (χ1) is 10.9. The maximum atomic E-state index is 6.22. The summed E-state index contributed by atoms with van der Waals surface area (Å²) in [6.07, 6.45) is 10.6. The van der Waals surface area contributed by atoms with Crippen molar-refractivity contribution >= 4 is 5.57 Å². The number of allylic oxidation sites excluding steroid dienone is 4. The van der Waals surface area contributed by atoms with E-state index >= 15 is 0 Å². The Kier molecular flexibility index (Phi) is 3.57. The number of rotatable bonds is 2. The van der Waals surface area contributed by atoms with Crippen LogP contribution in [0.15, 0.2) is 72.2 Å². The van der Waals surface area contributed by atoms with Crippen LogP contribution in [0.3, 0.4) is 0 Å². The molecule has 3 heteroatoms. The molecule has 1 aromatic carbocycles. The van der Waals surface area contributed by atoms with Crippen molar-refractivity contribution < 1.29 is 9.47 Å².